The summed E-state index contributed by atoms with van der Waals surface area (Å²) < 4.78 is 0. The molecule has 2 heterocycles. The van der Waals surface area contributed by atoms with Gasteiger partial charge in [0, 0.05) is 4.88 Å². The van der Waals surface area contributed by atoms with Crippen LogP contribution in [-0.4, -0.2) is 16.9 Å². The number of benzene rings is 1. The fourth-order valence-electron chi connectivity index (χ4n) is 1.98. The van der Waals surface area contributed by atoms with Crippen molar-refractivity contribution in [2.45, 2.75) is 0 Å². The molecule has 0 aliphatic carbocycles. The van der Waals surface area contributed by atoms with Crippen molar-refractivity contribution >= 4 is 52.2 Å². The summed E-state index contributed by atoms with van der Waals surface area (Å²) in [4.78, 5) is 26.8. The summed E-state index contributed by atoms with van der Waals surface area (Å²) in [6, 6.07) is 12.7. The Morgan fingerprint density at radius 3 is 2.52 bits per heavy atom. The minimum absolute atomic E-state index is 0.0786. The molecule has 0 saturated carbocycles. The molecule has 1 aromatic heterocycles. The van der Waals surface area contributed by atoms with Crippen molar-refractivity contribution in [3.05, 3.63) is 58.3 Å². The summed E-state index contributed by atoms with van der Waals surface area (Å²) in [5.74, 6) is -0.881. The van der Waals surface area contributed by atoms with E-state index in [4.69, 9.17) is 12.2 Å². The number of rotatable bonds is 2. The third-order valence-corrected chi connectivity index (χ3v) is 4.05. The first-order valence-corrected chi connectivity index (χ1v) is 7.45. The number of carbonyl (C=O) groups excluding carboxylic acids is 2. The lowest BCUT2D eigenvalue weighted by molar-refractivity contribution is -0.122. The Balaban J connectivity index is 2.02. The number of thiophene rings is 1. The largest absolute Gasteiger partial charge is 0.298 e. The summed E-state index contributed by atoms with van der Waals surface area (Å²) in [6.07, 6.45) is 1.58. The highest BCUT2D eigenvalue weighted by molar-refractivity contribution is 7.80. The second kappa shape index (κ2) is 5.59. The smallest absolute Gasteiger partial charge is 0.270 e. The van der Waals surface area contributed by atoms with Crippen LogP contribution in [0.15, 0.2) is 53.4 Å². The van der Waals surface area contributed by atoms with Gasteiger partial charge in [-0.2, -0.15) is 0 Å². The number of nitrogens with zero attached hydrogens (tertiary/aromatic N) is 1. The fraction of sp³-hybridized carbons (Fsp3) is 0. The maximum atomic E-state index is 12.6. The van der Waals surface area contributed by atoms with E-state index in [0.717, 1.165) is 4.88 Å². The van der Waals surface area contributed by atoms with Gasteiger partial charge in [0.1, 0.15) is 5.57 Å². The van der Waals surface area contributed by atoms with Crippen LogP contribution in [0.1, 0.15) is 4.88 Å². The molecule has 1 saturated heterocycles. The maximum Gasteiger partial charge on any atom is 0.270 e. The number of para-hydroxylation sites is 1. The van der Waals surface area contributed by atoms with Gasteiger partial charge < -0.3 is 0 Å². The van der Waals surface area contributed by atoms with E-state index in [9.17, 15) is 9.59 Å². The second-order valence-electron chi connectivity index (χ2n) is 4.31. The Morgan fingerprint density at radius 1 is 1.10 bits per heavy atom. The molecule has 1 aromatic carbocycles. The average molecular weight is 314 g/mol. The Labute approximate surface area is 130 Å². The molecule has 104 valence electrons. The molecule has 2 amide bonds. The number of thiocarbonyl (C=S) groups is 1. The first kappa shape index (κ1) is 13.7. The van der Waals surface area contributed by atoms with Gasteiger partial charge in [0.05, 0.1) is 5.69 Å². The number of hydrogen-bond acceptors (Lipinski definition) is 4. The second-order valence-corrected chi connectivity index (χ2v) is 5.67. The van der Waals surface area contributed by atoms with Crippen molar-refractivity contribution in [3.8, 4) is 0 Å². The van der Waals surface area contributed by atoms with E-state index >= 15 is 0 Å². The lowest BCUT2D eigenvalue weighted by Gasteiger charge is -2.28. The molecular weight excluding hydrogens is 304 g/mol. The zero-order valence-corrected chi connectivity index (χ0v) is 12.4. The predicted molar refractivity (Wildman–Crippen MR) is 87.0 cm³/mol. The molecule has 1 N–H and O–H groups in total. The van der Waals surface area contributed by atoms with E-state index < -0.39 is 11.8 Å². The standard InChI is InChI=1S/C15H10N2O2S2/c18-13-12(9-11-7-4-8-21-11)14(19)17(15(20)16-13)10-5-2-1-3-6-10/h1-9H,(H,16,18,20)/b12-9+. The minimum Gasteiger partial charge on any atom is -0.298 e. The molecule has 0 atom stereocenters. The van der Waals surface area contributed by atoms with Crippen molar-refractivity contribution in [1.82, 2.24) is 5.32 Å². The van der Waals surface area contributed by atoms with Crippen molar-refractivity contribution in [1.29, 1.82) is 0 Å². The quantitative estimate of drug-likeness (QED) is 0.526. The van der Waals surface area contributed by atoms with Crippen LogP contribution in [0.2, 0.25) is 0 Å². The molecule has 2 aromatic rings. The molecular formula is C15H10N2O2S2. The van der Waals surface area contributed by atoms with Gasteiger partial charge >= 0.3 is 0 Å². The molecule has 1 aliphatic heterocycles. The van der Waals surface area contributed by atoms with E-state index in [1.807, 2.05) is 35.7 Å². The van der Waals surface area contributed by atoms with Gasteiger partial charge in [0.15, 0.2) is 5.11 Å². The normalized spacial score (nSPS) is 17.2. The van der Waals surface area contributed by atoms with E-state index in [1.54, 1.807) is 18.2 Å². The maximum absolute atomic E-state index is 12.6. The number of hydrogen-bond donors (Lipinski definition) is 1. The van der Waals surface area contributed by atoms with Crippen LogP contribution in [0, 0.1) is 0 Å². The zero-order valence-electron chi connectivity index (χ0n) is 10.8. The lowest BCUT2D eigenvalue weighted by Crippen LogP contribution is -2.54. The molecule has 21 heavy (non-hydrogen) atoms. The number of carbonyl (C=O) groups is 2. The monoisotopic (exact) mass is 314 g/mol. The van der Waals surface area contributed by atoms with Crippen LogP contribution in [0.3, 0.4) is 0 Å². The number of anilines is 1. The van der Waals surface area contributed by atoms with Gasteiger partial charge in [-0.25, -0.2) is 0 Å². The molecule has 0 spiro atoms. The Hall–Kier alpha value is -2.31. The average Bonchev–Trinajstić information content (AvgIpc) is 2.97. The third kappa shape index (κ3) is 2.63. The molecule has 1 aliphatic rings. The van der Waals surface area contributed by atoms with Crippen LogP contribution >= 0.6 is 23.6 Å². The molecule has 0 radical (unpaired) electrons. The molecule has 0 unspecified atom stereocenters. The van der Waals surface area contributed by atoms with Crippen LogP contribution in [0.25, 0.3) is 6.08 Å². The number of nitrogens with one attached hydrogen (secondary N) is 1. The lowest BCUT2D eigenvalue weighted by atomic mass is 10.1. The summed E-state index contributed by atoms with van der Waals surface area (Å²) >= 11 is 6.57. The van der Waals surface area contributed by atoms with Gasteiger partial charge in [0.2, 0.25) is 0 Å². The Bertz CT molecular complexity index is 736. The molecule has 6 heteroatoms. The van der Waals surface area contributed by atoms with Gasteiger partial charge in [0.25, 0.3) is 11.8 Å². The van der Waals surface area contributed by atoms with E-state index in [2.05, 4.69) is 5.32 Å². The topological polar surface area (TPSA) is 49.4 Å². The van der Waals surface area contributed by atoms with Crippen molar-refractivity contribution in [2.24, 2.45) is 0 Å². The Morgan fingerprint density at radius 2 is 1.86 bits per heavy atom. The van der Waals surface area contributed by atoms with Gasteiger partial charge in [-0.05, 0) is 41.9 Å². The minimum atomic E-state index is -0.467. The zero-order chi connectivity index (χ0) is 14.8. The highest BCUT2D eigenvalue weighted by atomic mass is 32.1. The third-order valence-electron chi connectivity index (χ3n) is 2.95. The summed E-state index contributed by atoms with van der Waals surface area (Å²) in [5, 5.41) is 4.54. The van der Waals surface area contributed by atoms with Crippen LogP contribution in [-0.2, 0) is 9.59 Å². The highest BCUT2D eigenvalue weighted by Gasteiger charge is 2.34. The van der Waals surface area contributed by atoms with E-state index in [0.29, 0.717) is 5.69 Å². The van der Waals surface area contributed by atoms with E-state index in [1.165, 1.54) is 16.2 Å². The highest BCUT2D eigenvalue weighted by Crippen LogP contribution is 2.22. The molecule has 3 rings (SSSR count). The van der Waals surface area contributed by atoms with E-state index in [-0.39, 0.29) is 10.7 Å². The van der Waals surface area contributed by atoms with Crippen molar-refractivity contribution in [2.75, 3.05) is 4.90 Å². The summed E-state index contributed by atoms with van der Waals surface area (Å²) in [6.45, 7) is 0. The molecule has 1 fully saturated rings. The molecule has 4 nitrogen and oxygen atoms in total. The SMILES string of the molecule is O=C1NC(=S)N(c2ccccc2)C(=O)/C1=C/c1cccs1. The van der Waals surface area contributed by atoms with Gasteiger partial charge in [-0.1, -0.05) is 24.3 Å². The van der Waals surface area contributed by atoms with Gasteiger partial charge in [-0.15, -0.1) is 11.3 Å². The first-order valence-electron chi connectivity index (χ1n) is 6.17. The fourth-order valence-corrected chi connectivity index (χ4v) is 2.92. The van der Waals surface area contributed by atoms with Crippen molar-refractivity contribution < 1.29 is 9.59 Å². The van der Waals surface area contributed by atoms with Crippen LogP contribution in [0.5, 0.6) is 0 Å². The summed E-state index contributed by atoms with van der Waals surface area (Å²) in [5.41, 5.74) is 0.708. The van der Waals surface area contributed by atoms with Crippen LogP contribution < -0.4 is 10.2 Å². The first-order chi connectivity index (χ1) is 10.2. The Kier molecular flexibility index (Phi) is 3.64. The summed E-state index contributed by atoms with van der Waals surface area (Å²) in [7, 11) is 0. The van der Waals surface area contributed by atoms with Crippen molar-refractivity contribution in [3.63, 3.8) is 0 Å². The van der Waals surface area contributed by atoms with Crippen LogP contribution in [0.4, 0.5) is 5.69 Å². The number of amides is 2. The molecule has 0 bridgehead atoms. The predicted octanol–water partition coefficient (Wildman–Crippen LogP) is 2.58. The van der Waals surface area contributed by atoms with Gasteiger partial charge in [-0.3, -0.25) is 19.8 Å².